The lowest BCUT2D eigenvalue weighted by Crippen LogP contribution is -2.41. The average molecular weight is 332 g/mol. The molecule has 1 aliphatic heterocycles. The van der Waals surface area contributed by atoms with E-state index in [0.29, 0.717) is 12.1 Å². The number of hydrogen-bond acceptors (Lipinski definition) is 4. The van der Waals surface area contributed by atoms with Gasteiger partial charge < -0.3 is 18.8 Å². The highest BCUT2D eigenvalue weighted by atomic mass is 19.4. The summed E-state index contributed by atoms with van der Waals surface area (Å²) in [5.41, 5.74) is -0.579. The first kappa shape index (κ1) is 17.9. The molecule has 0 aromatic heterocycles. The zero-order valence-electron chi connectivity index (χ0n) is 13.8. The zero-order valence-corrected chi connectivity index (χ0v) is 13.8. The summed E-state index contributed by atoms with van der Waals surface area (Å²) in [6.07, 6.45) is -4.75. The third-order valence-corrected chi connectivity index (χ3v) is 4.03. The van der Waals surface area contributed by atoms with E-state index < -0.39 is 24.7 Å². The Balaban J connectivity index is 2.32. The van der Waals surface area contributed by atoms with E-state index in [-0.39, 0.29) is 11.5 Å². The second kappa shape index (κ2) is 5.90. The molecule has 0 aliphatic carbocycles. The molecule has 23 heavy (non-hydrogen) atoms. The molecule has 0 bridgehead atoms. The molecule has 1 aliphatic rings. The SMILES string of the molecule is CCOc1cc(OC(F)(F)F)ccc1B1OC(C)(C)C(C)(C)O1. The Bertz CT molecular complexity index is 556. The van der Waals surface area contributed by atoms with E-state index in [0.717, 1.165) is 0 Å². The molecule has 128 valence electrons. The molecule has 1 fully saturated rings. The Labute approximate surface area is 134 Å². The van der Waals surface area contributed by atoms with Crippen LogP contribution in [-0.4, -0.2) is 31.3 Å². The molecule has 1 aromatic carbocycles. The maximum atomic E-state index is 12.4. The Morgan fingerprint density at radius 2 is 1.65 bits per heavy atom. The fraction of sp³-hybridized carbons (Fsp3) is 0.600. The van der Waals surface area contributed by atoms with Gasteiger partial charge in [0.1, 0.15) is 11.5 Å². The smallest absolute Gasteiger partial charge is 0.494 e. The average Bonchev–Trinajstić information content (AvgIpc) is 2.56. The molecule has 0 radical (unpaired) electrons. The molecule has 1 heterocycles. The third kappa shape index (κ3) is 3.92. The number of alkyl halides is 3. The lowest BCUT2D eigenvalue weighted by atomic mass is 9.78. The van der Waals surface area contributed by atoms with E-state index in [2.05, 4.69) is 4.74 Å². The monoisotopic (exact) mass is 332 g/mol. The minimum absolute atomic E-state index is 0.243. The van der Waals surface area contributed by atoms with Crippen molar-refractivity contribution >= 4 is 12.6 Å². The topological polar surface area (TPSA) is 36.9 Å². The van der Waals surface area contributed by atoms with Crippen LogP contribution >= 0.6 is 0 Å². The van der Waals surface area contributed by atoms with E-state index >= 15 is 0 Å². The second-order valence-corrected chi connectivity index (χ2v) is 6.27. The first-order chi connectivity index (χ1) is 10.5. The highest BCUT2D eigenvalue weighted by molar-refractivity contribution is 6.63. The molecule has 4 nitrogen and oxygen atoms in total. The molecule has 0 atom stereocenters. The number of rotatable bonds is 4. The predicted molar refractivity (Wildman–Crippen MR) is 80.0 cm³/mol. The van der Waals surface area contributed by atoms with Crippen LogP contribution in [0.3, 0.4) is 0 Å². The highest BCUT2D eigenvalue weighted by Gasteiger charge is 2.52. The molecule has 0 N–H and O–H groups in total. The van der Waals surface area contributed by atoms with Crippen LogP contribution in [0.2, 0.25) is 0 Å². The number of benzene rings is 1. The van der Waals surface area contributed by atoms with Crippen LogP contribution in [0.4, 0.5) is 13.2 Å². The summed E-state index contributed by atoms with van der Waals surface area (Å²) in [6.45, 7) is 9.62. The van der Waals surface area contributed by atoms with Gasteiger partial charge in [-0.2, -0.15) is 0 Å². The standard InChI is InChI=1S/C15H20BF3O4/c1-6-20-12-9-10(21-15(17,18)19)7-8-11(12)16-22-13(2,3)14(4,5)23-16/h7-9H,6H2,1-5H3. The van der Waals surface area contributed by atoms with Gasteiger partial charge in [0.25, 0.3) is 0 Å². The van der Waals surface area contributed by atoms with Gasteiger partial charge in [0.05, 0.1) is 17.8 Å². The highest BCUT2D eigenvalue weighted by Crippen LogP contribution is 2.37. The van der Waals surface area contributed by atoms with Gasteiger partial charge in [-0.3, -0.25) is 0 Å². The van der Waals surface area contributed by atoms with E-state index in [1.165, 1.54) is 18.2 Å². The van der Waals surface area contributed by atoms with Crippen LogP contribution in [0.15, 0.2) is 18.2 Å². The molecule has 2 rings (SSSR count). The first-order valence-electron chi connectivity index (χ1n) is 7.33. The van der Waals surface area contributed by atoms with Crippen LogP contribution in [0, 0.1) is 0 Å². The summed E-state index contributed by atoms with van der Waals surface area (Å²) in [4.78, 5) is 0. The van der Waals surface area contributed by atoms with Gasteiger partial charge in [-0.15, -0.1) is 13.2 Å². The quantitative estimate of drug-likeness (QED) is 0.793. The maximum absolute atomic E-state index is 12.4. The van der Waals surface area contributed by atoms with Crippen LogP contribution in [0.5, 0.6) is 11.5 Å². The van der Waals surface area contributed by atoms with Crippen LogP contribution in [0.25, 0.3) is 0 Å². The van der Waals surface area contributed by atoms with Gasteiger partial charge in [-0.1, -0.05) is 6.07 Å². The Morgan fingerprint density at radius 1 is 1.09 bits per heavy atom. The largest absolute Gasteiger partial charge is 0.573 e. The fourth-order valence-electron chi connectivity index (χ4n) is 2.16. The van der Waals surface area contributed by atoms with Crippen molar-refractivity contribution in [1.82, 2.24) is 0 Å². The van der Waals surface area contributed by atoms with Crippen molar-refractivity contribution in [2.45, 2.75) is 52.2 Å². The molecule has 0 spiro atoms. The molecule has 0 unspecified atom stereocenters. The zero-order chi connectivity index (χ0) is 17.5. The van der Waals surface area contributed by atoms with Crippen molar-refractivity contribution in [3.05, 3.63) is 18.2 Å². The van der Waals surface area contributed by atoms with Crippen molar-refractivity contribution in [3.63, 3.8) is 0 Å². The molecular weight excluding hydrogens is 312 g/mol. The summed E-state index contributed by atoms with van der Waals surface area (Å²) in [7, 11) is -0.721. The van der Waals surface area contributed by atoms with E-state index in [4.69, 9.17) is 14.0 Å². The Hall–Kier alpha value is -1.41. The summed E-state index contributed by atoms with van der Waals surface area (Å²) < 4.78 is 58.2. The van der Waals surface area contributed by atoms with Crippen molar-refractivity contribution < 1.29 is 32.0 Å². The Kier molecular flexibility index (Phi) is 4.61. The molecule has 0 saturated carbocycles. The van der Waals surface area contributed by atoms with Crippen molar-refractivity contribution in [2.75, 3.05) is 6.61 Å². The van der Waals surface area contributed by atoms with E-state index in [1.54, 1.807) is 6.92 Å². The van der Waals surface area contributed by atoms with Gasteiger partial charge in [0.2, 0.25) is 0 Å². The first-order valence-corrected chi connectivity index (χ1v) is 7.33. The van der Waals surface area contributed by atoms with Crippen molar-refractivity contribution in [2.24, 2.45) is 0 Å². The maximum Gasteiger partial charge on any atom is 0.573 e. The minimum atomic E-state index is -4.75. The lowest BCUT2D eigenvalue weighted by Gasteiger charge is -2.32. The van der Waals surface area contributed by atoms with Gasteiger partial charge in [0, 0.05) is 11.5 Å². The third-order valence-electron chi connectivity index (χ3n) is 4.03. The summed E-state index contributed by atoms with van der Waals surface area (Å²) in [5, 5.41) is 0. The number of ether oxygens (including phenoxy) is 2. The fourth-order valence-corrected chi connectivity index (χ4v) is 2.16. The molecule has 8 heteroatoms. The predicted octanol–water partition coefficient (Wildman–Crippen LogP) is 3.28. The van der Waals surface area contributed by atoms with Crippen LogP contribution in [0.1, 0.15) is 34.6 Å². The minimum Gasteiger partial charge on any atom is -0.494 e. The number of hydrogen-bond donors (Lipinski definition) is 0. The van der Waals surface area contributed by atoms with Gasteiger partial charge in [0.15, 0.2) is 0 Å². The van der Waals surface area contributed by atoms with Crippen molar-refractivity contribution in [3.8, 4) is 11.5 Å². The van der Waals surface area contributed by atoms with Crippen LogP contribution in [-0.2, 0) is 9.31 Å². The van der Waals surface area contributed by atoms with Crippen molar-refractivity contribution in [1.29, 1.82) is 0 Å². The second-order valence-electron chi connectivity index (χ2n) is 6.27. The summed E-state index contributed by atoms with van der Waals surface area (Å²) in [5.74, 6) is -0.103. The van der Waals surface area contributed by atoms with Crippen LogP contribution < -0.4 is 14.9 Å². The van der Waals surface area contributed by atoms with Gasteiger partial charge >= 0.3 is 13.5 Å². The Morgan fingerprint density at radius 3 is 2.13 bits per heavy atom. The van der Waals surface area contributed by atoms with E-state index in [9.17, 15) is 13.2 Å². The van der Waals surface area contributed by atoms with Gasteiger partial charge in [-0.25, -0.2) is 0 Å². The van der Waals surface area contributed by atoms with Gasteiger partial charge in [-0.05, 0) is 40.7 Å². The molecular formula is C15H20BF3O4. The van der Waals surface area contributed by atoms with E-state index in [1.807, 2.05) is 27.7 Å². The normalized spacial score (nSPS) is 19.7. The lowest BCUT2D eigenvalue weighted by molar-refractivity contribution is -0.274. The summed E-state index contributed by atoms with van der Waals surface area (Å²) in [6, 6.07) is 3.88. The summed E-state index contributed by atoms with van der Waals surface area (Å²) >= 11 is 0. The molecule has 1 aromatic rings. The molecule has 1 saturated heterocycles. The molecule has 0 amide bonds. The number of halogens is 3.